The summed E-state index contributed by atoms with van der Waals surface area (Å²) in [5.41, 5.74) is 2.73. The Hall–Kier alpha value is -2.17. The lowest BCUT2D eigenvalue weighted by atomic mass is 10.0. The van der Waals surface area contributed by atoms with Gasteiger partial charge in [-0.05, 0) is 61.8 Å². The van der Waals surface area contributed by atoms with Crippen LogP contribution in [0.15, 0.2) is 29.0 Å². The second-order valence-electron chi connectivity index (χ2n) is 6.19. The van der Waals surface area contributed by atoms with Crippen LogP contribution in [-0.4, -0.2) is 16.1 Å². The molecule has 0 spiro atoms. The number of carbonyl (C=O) groups is 1. The molecular weight excluding hydrogens is 266 g/mol. The number of nitrogens with one attached hydrogen (secondary N) is 1. The topological polar surface area (TPSA) is 68.0 Å². The van der Waals surface area contributed by atoms with Gasteiger partial charge >= 0.3 is 0 Å². The van der Waals surface area contributed by atoms with Gasteiger partial charge in [-0.15, -0.1) is 10.2 Å². The van der Waals surface area contributed by atoms with Crippen LogP contribution in [0.1, 0.15) is 24.8 Å². The predicted octanol–water partition coefficient (Wildman–Crippen LogP) is 3.03. The average Bonchev–Trinajstić information content (AvgIpc) is 2.94. The highest BCUT2D eigenvalue weighted by atomic mass is 16.4. The maximum absolute atomic E-state index is 12.3. The lowest BCUT2D eigenvalue weighted by Gasteiger charge is -2.14. The Balaban J connectivity index is 1.49. The third-order valence-electron chi connectivity index (χ3n) is 4.71. The summed E-state index contributed by atoms with van der Waals surface area (Å²) in [6, 6.07) is 5.75. The summed E-state index contributed by atoms with van der Waals surface area (Å²) in [6.45, 7) is 1.97. The van der Waals surface area contributed by atoms with E-state index in [1.165, 1.54) is 12.8 Å². The van der Waals surface area contributed by atoms with Gasteiger partial charge in [-0.25, -0.2) is 0 Å². The molecule has 0 saturated heterocycles. The smallest absolute Gasteiger partial charge is 0.247 e. The van der Waals surface area contributed by atoms with Gasteiger partial charge in [0.2, 0.25) is 18.2 Å². The van der Waals surface area contributed by atoms with Crippen LogP contribution in [0.3, 0.4) is 0 Å². The van der Waals surface area contributed by atoms with Crippen LogP contribution in [-0.2, 0) is 4.79 Å². The number of rotatable bonds is 3. The molecule has 5 nitrogen and oxygen atoms in total. The van der Waals surface area contributed by atoms with E-state index in [1.807, 2.05) is 25.1 Å². The Bertz CT molecular complexity index is 671. The van der Waals surface area contributed by atoms with E-state index in [0.29, 0.717) is 5.89 Å². The number of nitrogens with zero attached hydrogens (tertiary/aromatic N) is 2. The Kier molecular flexibility index (Phi) is 2.80. The molecule has 2 fully saturated rings. The van der Waals surface area contributed by atoms with Crippen molar-refractivity contribution >= 4 is 11.6 Å². The lowest BCUT2D eigenvalue weighted by molar-refractivity contribution is -0.120. The van der Waals surface area contributed by atoms with Crippen molar-refractivity contribution in [3.8, 4) is 11.5 Å². The molecule has 108 valence electrons. The summed E-state index contributed by atoms with van der Waals surface area (Å²) in [6.07, 6.45) is 4.78. The SMILES string of the molecule is Cc1cc(-c2nnco2)ccc1NC(=O)C1CC2CC2C1. The number of anilines is 1. The van der Waals surface area contributed by atoms with E-state index in [0.717, 1.165) is 41.5 Å². The summed E-state index contributed by atoms with van der Waals surface area (Å²) in [7, 11) is 0. The van der Waals surface area contributed by atoms with Crippen LogP contribution in [0.4, 0.5) is 5.69 Å². The second kappa shape index (κ2) is 4.69. The number of carbonyl (C=O) groups excluding carboxylic acids is 1. The Morgan fingerprint density at radius 2 is 2.10 bits per heavy atom. The van der Waals surface area contributed by atoms with E-state index >= 15 is 0 Å². The predicted molar refractivity (Wildman–Crippen MR) is 77.4 cm³/mol. The molecular formula is C16H17N3O2. The van der Waals surface area contributed by atoms with Gasteiger partial charge < -0.3 is 9.73 Å². The molecule has 1 amide bonds. The van der Waals surface area contributed by atoms with Crippen LogP contribution in [0.25, 0.3) is 11.5 Å². The number of hydrogen-bond acceptors (Lipinski definition) is 4. The molecule has 0 aliphatic heterocycles. The van der Waals surface area contributed by atoms with Gasteiger partial charge in [0.1, 0.15) is 0 Å². The standard InChI is InChI=1S/C16H17N3O2/c1-9-4-10(16-19-17-8-21-16)2-3-14(9)18-15(20)13-6-11-5-12(11)7-13/h2-4,8,11-13H,5-7H2,1H3,(H,18,20). The fourth-order valence-corrected chi connectivity index (χ4v) is 3.40. The molecule has 1 heterocycles. The second-order valence-corrected chi connectivity index (χ2v) is 6.19. The van der Waals surface area contributed by atoms with Gasteiger partial charge in [-0.1, -0.05) is 0 Å². The highest BCUT2D eigenvalue weighted by Gasteiger charge is 2.47. The Morgan fingerprint density at radius 3 is 2.76 bits per heavy atom. The van der Waals surface area contributed by atoms with E-state index in [9.17, 15) is 4.79 Å². The molecule has 2 aromatic rings. The molecule has 2 atom stereocenters. The Morgan fingerprint density at radius 1 is 1.29 bits per heavy atom. The first-order valence-electron chi connectivity index (χ1n) is 7.39. The fraction of sp³-hybridized carbons (Fsp3) is 0.438. The molecule has 4 rings (SSSR count). The summed E-state index contributed by atoms with van der Waals surface area (Å²) in [5, 5.41) is 10.6. The van der Waals surface area contributed by atoms with Crippen LogP contribution < -0.4 is 5.32 Å². The zero-order chi connectivity index (χ0) is 14.4. The summed E-state index contributed by atoms with van der Waals surface area (Å²) in [4.78, 5) is 12.3. The molecule has 2 aliphatic carbocycles. The molecule has 0 radical (unpaired) electrons. The first-order chi connectivity index (χ1) is 10.2. The van der Waals surface area contributed by atoms with Crippen LogP contribution in [0.2, 0.25) is 0 Å². The third-order valence-corrected chi connectivity index (χ3v) is 4.71. The minimum atomic E-state index is 0.163. The van der Waals surface area contributed by atoms with Crippen molar-refractivity contribution in [2.75, 3.05) is 5.32 Å². The van der Waals surface area contributed by atoms with Gasteiger partial charge in [-0.3, -0.25) is 4.79 Å². The average molecular weight is 283 g/mol. The molecule has 5 heteroatoms. The molecule has 2 saturated carbocycles. The van der Waals surface area contributed by atoms with Crippen molar-refractivity contribution in [2.24, 2.45) is 17.8 Å². The van der Waals surface area contributed by atoms with E-state index < -0.39 is 0 Å². The molecule has 1 aromatic carbocycles. The maximum atomic E-state index is 12.3. The maximum Gasteiger partial charge on any atom is 0.247 e. The number of hydrogen-bond donors (Lipinski definition) is 1. The van der Waals surface area contributed by atoms with E-state index in [-0.39, 0.29) is 11.8 Å². The highest BCUT2D eigenvalue weighted by Crippen LogP contribution is 2.54. The zero-order valence-corrected chi connectivity index (χ0v) is 11.9. The minimum absolute atomic E-state index is 0.163. The summed E-state index contributed by atoms with van der Waals surface area (Å²) < 4.78 is 5.18. The van der Waals surface area contributed by atoms with Crippen LogP contribution >= 0.6 is 0 Å². The van der Waals surface area contributed by atoms with Crippen molar-refractivity contribution in [3.05, 3.63) is 30.2 Å². The van der Waals surface area contributed by atoms with E-state index in [2.05, 4.69) is 15.5 Å². The van der Waals surface area contributed by atoms with Crippen molar-refractivity contribution in [1.29, 1.82) is 0 Å². The largest absolute Gasteiger partial charge is 0.423 e. The van der Waals surface area contributed by atoms with Gasteiger partial charge in [0.25, 0.3) is 0 Å². The fourth-order valence-electron chi connectivity index (χ4n) is 3.40. The first-order valence-corrected chi connectivity index (χ1v) is 7.39. The van der Waals surface area contributed by atoms with Gasteiger partial charge in [0, 0.05) is 17.2 Å². The molecule has 1 N–H and O–H groups in total. The Labute approximate surface area is 122 Å². The monoisotopic (exact) mass is 283 g/mol. The van der Waals surface area contributed by atoms with E-state index in [1.54, 1.807) is 0 Å². The van der Waals surface area contributed by atoms with Gasteiger partial charge in [-0.2, -0.15) is 0 Å². The van der Waals surface area contributed by atoms with Crippen molar-refractivity contribution in [2.45, 2.75) is 26.2 Å². The van der Waals surface area contributed by atoms with Gasteiger partial charge in [0.15, 0.2) is 0 Å². The number of amides is 1. The number of aryl methyl sites for hydroxylation is 1. The van der Waals surface area contributed by atoms with Crippen LogP contribution in [0, 0.1) is 24.7 Å². The minimum Gasteiger partial charge on any atom is -0.423 e. The van der Waals surface area contributed by atoms with Crippen molar-refractivity contribution in [1.82, 2.24) is 10.2 Å². The quantitative estimate of drug-likeness (QED) is 0.940. The number of benzene rings is 1. The molecule has 1 aromatic heterocycles. The van der Waals surface area contributed by atoms with Crippen molar-refractivity contribution < 1.29 is 9.21 Å². The summed E-state index contributed by atoms with van der Waals surface area (Å²) in [5.74, 6) is 2.50. The van der Waals surface area contributed by atoms with E-state index in [4.69, 9.17) is 4.42 Å². The van der Waals surface area contributed by atoms with Crippen molar-refractivity contribution in [3.63, 3.8) is 0 Å². The first kappa shape index (κ1) is 12.6. The molecule has 0 bridgehead atoms. The number of aromatic nitrogens is 2. The lowest BCUT2D eigenvalue weighted by Crippen LogP contribution is -2.22. The highest BCUT2D eigenvalue weighted by molar-refractivity contribution is 5.93. The van der Waals surface area contributed by atoms with Gasteiger partial charge in [0.05, 0.1) is 0 Å². The summed E-state index contributed by atoms with van der Waals surface area (Å²) >= 11 is 0. The third kappa shape index (κ3) is 2.33. The molecule has 21 heavy (non-hydrogen) atoms. The molecule has 2 aliphatic rings. The molecule has 2 unspecified atom stereocenters. The zero-order valence-electron chi connectivity index (χ0n) is 11.9. The number of fused-ring (bicyclic) bond motifs is 1. The normalized spacial score (nSPS) is 26.4. The van der Waals surface area contributed by atoms with Crippen LogP contribution in [0.5, 0.6) is 0 Å².